The van der Waals surface area contributed by atoms with Crippen molar-refractivity contribution in [2.24, 2.45) is 5.92 Å². The summed E-state index contributed by atoms with van der Waals surface area (Å²) in [7, 11) is 3.20. The Morgan fingerprint density at radius 1 is 1.21 bits per heavy atom. The number of hydrogen-bond donors (Lipinski definition) is 0. The van der Waals surface area contributed by atoms with E-state index in [2.05, 4.69) is 0 Å². The Morgan fingerprint density at radius 2 is 1.96 bits per heavy atom. The molecule has 0 atom stereocenters. The Balaban J connectivity index is 2.09. The number of anilines is 1. The zero-order valence-corrected chi connectivity index (χ0v) is 15.4. The highest BCUT2D eigenvalue weighted by molar-refractivity contribution is 7.12. The Kier molecular flexibility index (Phi) is 6.15. The van der Waals surface area contributed by atoms with Crippen molar-refractivity contribution >= 4 is 28.9 Å². The number of carbonyl (C=O) groups is 2. The molecule has 2 rings (SSSR count). The van der Waals surface area contributed by atoms with Crippen LogP contribution in [0.4, 0.5) is 5.69 Å². The standard InChI is InChI=1S/C19H23NO3S/c1-13(2)18(21)20(3)16-7-5-6-14(12-16)8-9-15-10-11-24-17(15)19(22)23-4/h5-7,10-13H,8-9H2,1-4H3. The van der Waals surface area contributed by atoms with Crippen molar-refractivity contribution < 1.29 is 14.3 Å². The average Bonchev–Trinajstić information content (AvgIpc) is 3.06. The summed E-state index contributed by atoms with van der Waals surface area (Å²) in [5.74, 6) is -0.221. The predicted octanol–water partition coefficient (Wildman–Crippen LogP) is 3.94. The zero-order valence-electron chi connectivity index (χ0n) is 14.5. The minimum absolute atomic E-state index is 0.0351. The molecule has 0 unspecified atom stereocenters. The Bertz CT molecular complexity index is 721. The number of thiophene rings is 1. The van der Waals surface area contributed by atoms with E-state index < -0.39 is 0 Å². The van der Waals surface area contributed by atoms with Gasteiger partial charge in [0, 0.05) is 18.7 Å². The number of carbonyl (C=O) groups excluding carboxylic acids is 2. The van der Waals surface area contributed by atoms with E-state index in [1.165, 1.54) is 18.4 Å². The van der Waals surface area contributed by atoms with Crippen LogP contribution < -0.4 is 4.90 Å². The molecule has 1 aromatic carbocycles. The third-order valence-corrected chi connectivity index (χ3v) is 4.86. The van der Waals surface area contributed by atoms with Crippen LogP contribution >= 0.6 is 11.3 Å². The molecule has 0 N–H and O–H groups in total. The van der Waals surface area contributed by atoms with Gasteiger partial charge in [-0.15, -0.1) is 11.3 Å². The number of rotatable bonds is 6. The van der Waals surface area contributed by atoms with E-state index in [1.807, 2.05) is 49.6 Å². The van der Waals surface area contributed by atoms with Crippen molar-refractivity contribution in [2.75, 3.05) is 19.1 Å². The third kappa shape index (κ3) is 4.23. The molecular weight excluding hydrogens is 322 g/mol. The van der Waals surface area contributed by atoms with E-state index in [1.54, 1.807) is 11.9 Å². The lowest BCUT2D eigenvalue weighted by Crippen LogP contribution is -2.30. The van der Waals surface area contributed by atoms with Gasteiger partial charge in [-0.25, -0.2) is 4.79 Å². The summed E-state index contributed by atoms with van der Waals surface area (Å²) in [6.45, 7) is 3.79. The minimum Gasteiger partial charge on any atom is -0.465 e. The number of benzene rings is 1. The molecule has 0 bridgehead atoms. The summed E-state index contributed by atoms with van der Waals surface area (Å²) in [4.78, 5) is 26.2. The Morgan fingerprint density at radius 3 is 2.62 bits per heavy atom. The molecule has 1 heterocycles. The monoisotopic (exact) mass is 345 g/mol. The second-order valence-corrected chi connectivity index (χ2v) is 6.90. The van der Waals surface area contributed by atoms with Crippen LogP contribution in [0.25, 0.3) is 0 Å². The lowest BCUT2D eigenvalue weighted by molar-refractivity contribution is -0.121. The number of amides is 1. The van der Waals surface area contributed by atoms with Gasteiger partial charge >= 0.3 is 5.97 Å². The number of methoxy groups -OCH3 is 1. The molecule has 4 nitrogen and oxygen atoms in total. The van der Waals surface area contributed by atoms with Gasteiger partial charge in [0.2, 0.25) is 5.91 Å². The summed E-state index contributed by atoms with van der Waals surface area (Å²) in [5.41, 5.74) is 3.03. The maximum Gasteiger partial charge on any atom is 0.348 e. The van der Waals surface area contributed by atoms with Crippen molar-refractivity contribution in [2.45, 2.75) is 26.7 Å². The molecule has 0 aliphatic heterocycles. The van der Waals surface area contributed by atoms with Gasteiger partial charge in [0.1, 0.15) is 4.88 Å². The second-order valence-electron chi connectivity index (χ2n) is 5.99. The molecule has 0 aliphatic rings. The van der Waals surface area contributed by atoms with E-state index in [-0.39, 0.29) is 17.8 Å². The summed E-state index contributed by atoms with van der Waals surface area (Å²) in [6, 6.07) is 9.94. The molecule has 0 fully saturated rings. The van der Waals surface area contributed by atoms with Crippen LogP contribution in [0.15, 0.2) is 35.7 Å². The molecule has 0 radical (unpaired) electrons. The molecule has 24 heavy (non-hydrogen) atoms. The number of nitrogens with zero attached hydrogens (tertiary/aromatic N) is 1. The van der Waals surface area contributed by atoms with Crippen LogP contribution in [0.5, 0.6) is 0 Å². The zero-order chi connectivity index (χ0) is 17.7. The van der Waals surface area contributed by atoms with Crippen LogP contribution in [-0.2, 0) is 22.4 Å². The molecule has 2 aromatic rings. The SMILES string of the molecule is COC(=O)c1sccc1CCc1cccc(N(C)C(=O)C(C)C)c1. The van der Waals surface area contributed by atoms with Gasteiger partial charge in [-0.05, 0) is 47.5 Å². The fourth-order valence-electron chi connectivity index (χ4n) is 2.52. The predicted molar refractivity (Wildman–Crippen MR) is 97.8 cm³/mol. The number of esters is 1. The molecule has 128 valence electrons. The first-order chi connectivity index (χ1) is 11.4. The smallest absolute Gasteiger partial charge is 0.348 e. The van der Waals surface area contributed by atoms with Gasteiger partial charge in [0.25, 0.3) is 0 Å². The largest absolute Gasteiger partial charge is 0.465 e. The van der Waals surface area contributed by atoms with Gasteiger partial charge in [0.15, 0.2) is 0 Å². The van der Waals surface area contributed by atoms with Crippen molar-refractivity contribution in [1.29, 1.82) is 0 Å². The lowest BCUT2D eigenvalue weighted by Gasteiger charge is -2.20. The molecule has 5 heteroatoms. The van der Waals surface area contributed by atoms with E-state index >= 15 is 0 Å². The molecule has 1 aromatic heterocycles. The van der Waals surface area contributed by atoms with Crippen molar-refractivity contribution in [3.05, 3.63) is 51.7 Å². The van der Waals surface area contributed by atoms with Gasteiger partial charge in [-0.3, -0.25) is 4.79 Å². The van der Waals surface area contributed by atoms with Crippen molar-refractivity contribution in [3.63, 3.8) is 0 Å². The first-order valence-electron chi connectivity index (χ1n) is 7.95. The Labute approximate surface area is 147 Å². The van der Waals surface area contributed by atoms with E-state index in [4.69, 9.17) is 4.74 Å². The third-order valence-electron chi connectivity index (χ3n) is 3.92. The van der Waals surface area contributed by atoms with E-state index in [0.29, 0.717) is 4.88 Å². The maximum atomic E-state index is 12.1. The lowest BCUT2D eigenvalue weighted by atomic mass is 10.0. The van der Waals surface area contributed by atoms with Gasteiger partial charge in [-0.1, -0.05) is 26.0 Å². The van der Waals surface area contributed by atoms with Crippen LogP contribution in [0.1, 0.15) is 34.6 Å². The first kappa shape index (κ1) is 18.2. The van der Waals surface area contributed by atoms with Gasteiger partial charge in [0.05, 0.1) is 7.11 Å². The molecule has 0 saturated heterocycles. The maximum absolute atomic E-state index is 12.1. The van der Waals surface area contributed by atoms with Crippen LogP contribution in [0.2, 0.25) is 0 Å². The Hall–Kier alpha value is -2.14. The highest BCUT2D eigenvalue weighted by Gasteiger charge is 2.16. The van der Waals surface area contributed by atoms with E-state index in [0.717, 1.165) is 29.7 Å². The fraction of sp³-hybridized carbons (Fsp3) is 0.368. The normalized spacial score (nSPS) is 10.7. The minimum atomic E-state index is -0.281. The molecule has 1 amide bonds. The highest BCUT2D eigenvalue weighted by atomic mass is 32.1. The highest BCUT2D eigenvalue weighted by Crippen LogP contribution is 2.22. The topological polar surface area (TPSA) is 46.6 Å². The number of hydrogen-bond acceptors (Lipinski definition) is 4. The molecule has 0 spiro atoms. The summed E-state index contributed by atoms with van der Waals surface area (Å²) in [5, 5.41) is 1.91. The second kappa shape index (κ2) is 8.11. The van der Waals surface area contributed by atoms with Gasteiger partial charge < -0.3 is 9.64 Å². The van der Waals surface area contributed by atoms with Gasteiger partial charge in [-0.2, -0.15) is 0 Å². The average molecular weight is 345 g/mol. The summed E-state index contributed by atoms with van der Waals surface area (Å²) in [6.07, 6.45) is 1.57. The molecular formula is C19H23NO3S. The van der Waals surface area contributed by atoms with Crippen molar-refractivity contribution in [3.8, 4) is 0 Å². The van der Waals surface area contributed by atoms with Crippen LogP contribution in [0.3, 0.4) is 0 Å². The summed E-state index contributed by atoms with van der Waals surface area (Å²) >= 11 is 1.41. The first-order valence-corrected chi connectivity index (χ1v) is 8.83. The van der Waals surface area contributed by atoms with Crippen LogP contribution in [-0.4, -0.2) is 26.0 Å². The van der Waals surface area contributed by atoms with Crippen molar-refractivity contribution in [1.82, 2.24) is 0 Å². The number of aryl methyl sites for hydroxylation is 2. The quantitative estimate of drug-likeness (QED) is 0.745. The molecule has 0 saturated carbocycles. The van der Waals surface area contributed by atoms with E-state index in [9.17, 15) is 9.59 Å². The fourth-order valence-corrected chi connectivity index (χ4v) is 3.39. The summed E-state index contributed by atoms with van der Waals surface area (Å²) < 4.78 is 4.81. The number of ether oxygens (including phenoxy) is 1. The molecule has 0 aliphatic carbocycles. The van der Waals surface area contributed by atoms with Crippen LogP contribution in [0, 0.1) is 5.92 Å².